The topological polar surface area (TPSA) is 52.3 Å². The van der Waals surface area contributed by atoms with Crippen molar-refractivity contribution in [3.63, 3.8) is 0 Å². The van der Waals surface area contributed by atoms with E-state index >= 15 is 0 Å². The minimum Gasteiger partial charge on any atom is -0.461 e. The molecule has 0 radical (unpaired) electrons. The predicted octanol–water partition coefficient (Wildman–Crippen LogP) is 4.62. The van der Waals surface area contributed by atoms with Crippen LogP contribution in [0.15, 0.2) is 57.5 Å². The van der Waals surface area contributed by atoms with E-state index in [1.807, 2.05) is 55.5 Å². The first-order valence-corrected chi connectivity index (χ1v) is 8.94. The van der Waals surface area contributed by atoms with E-state index in [1.165, 1.54) is 0 Å². The van der Waals surface area contributed by atoms with E-state index in [0.29, 0.717) is 0 Å². The molecule has 2 N–H and O–H groups in total. The third kappa shape index (κ3) is 4.90. The van der Waals surface area contributed by atoms with E-state index in [9.17, 15) is 4.79 Å². The number of carbonyl (C=O) groups is 1. The molecule has 0 aliphatic heterocycles. The van der Waals surface area contributed by atoms with Gasteiger partial charge in [0.15, 0.2) is 0 Å². The molecule has 3 nitrogen and oxygen atoms in total. The summed E-state index contributed by atoms with van der Waals surface area (Å²) in [6.07, 6.45) is -0.323. The molecule has 2 atom stereocenters. The SMILES string of the molecule is C[C@H](N)C(=O)O[C@@H](C)C(c1ccc(Br)cc1)c1ccc(Br)cc1. The van der Waals surface area contributed by atoms with Gasteiger partial charge in [0.05, 0.1) is 0 Å². The van der Waals surface area contributed by atoms with Crippen LogP contribution in [0.4, 0.5) is 0 Å². The van der Waals surface area contributed by atoms with Gasteiger partial charge in [0, 0.05) is 14.9 Å². The number of benzene rings is 2. The van der Waals surface area contributed by atoms with Crippen LogP contribution in [0.25, 0.3) is 0 Å². The highest BCUT2D eigenvalue weighted by Gasteiger charge is 2.25. The van der Waals surface area contributed by atoms with Crippen molar-refractivity contribution in [3.8, 4) is 0 Å². The summed E-state index contributed by atoms with van der Waals surface area (Å²) in [5, 5.41) is 0. The van der Waals surface area contributed by atoms with Gasteiger partial charge in [-0.05, 0) is 49.2 Å². The Balaban J connectivity index is 2.36. The normalized spacial score (nSPS) is 13.7. The molecule has 0 spiro atoms. The fourth-order valence-electron chi connectivity index (χ4n) is 2.43. The maximum absolute atomic E-state index is 11.9. The molecule has 0 saturated carbocycles. The van der Waals surface area contributed by atoms with Crippen molar-refractivity contribution in [2.75, 3.05) is 0 Å². The molecule has 0 fully saturated rings. The highest BCUT2D eigenvalue weighted by atomic mass is 79.9. The minimum absolute atomic E-state index is 0.0566. The lowest BCUT2D eigenvalue weighted by Gasteiger charge is -2.26. The van der Waals surface area contributed by atoms with Crippen LogP contribution in [-0.4, -0.2) is 18.1 Å². The van der Waals surface area contributed by atoms with Crippen LogP contribution in [0.1, 0.15) is 30.9 Å². The van der Waals surface area contributed by atoms with Crippen LogP contribution >= 0.6 is 31.9 Å². The van der Waals surface area contributed by atoms with Crippen molar-refractivity contribution in [2.45, 2.75) is 31.9 Å². The lowest BCUT2D eigenvalue weighted by atomic mass is 9.87. The molecule has 2 aromatic rings. The predicted molar refractivity (Wildman–Crippen MR) is 99.3 cm³/mol. The molecule has 122 valence electrons. The fourth-order valence-corrected chi connectivity index (χ4v) is 2.96. The first-order valence-electron chi connectivity index (χ1n) is 7.35. The second kappa shape index (κ2) is 8.08. The van der Waals surface area contributed by atoms with Crippen molar-refractivity contribution in [1.29, 1.82) is 0 Å². The number of hydrogen-bond donors (Lipinski definition) is 1. The van der Waals surface area contributed by atoms with Crippen LogP contribution in [0, 0.1) is 0 Å². The second-order valence-corrected chi connectivity index (χ2v) is 7.34. The molecule has 5 heteroatoms. The summed E-state index contributed by atoms with van der Waals surface area (Å²) in [6.45, 7) is 3.53. The van der Waals surface area contributed by atoms with Crippen molar-refractivity contribution >= 4 is 37.8 Å². The van der Waals surface area contributed by atoms with Crippen molar-refractivity contribution in [2.24, 2.45) is 5.73 Å². The Kier molecular flexibility index (Phi) is 6.39. The summed E-state index contributed by atoms with van der Waals surface area (Å²) in [5.74, 6) is -0.448. The average Bonchev–Trinajstić information content (AvgIpc) is 2.51. The number of carbonyl (C=O) groups excluding carboxylic acids is 1. The van der Waals surface area contributed by atoms with Crippen molar-refractivity contribution in [3.05, 3.63) is 68.6 Å². The summed E-state index contributed by atoms with van der Waals surface area (Å²) >= 11 is 6.90. The average molecular weight is 441 g/mol. The van der Waals surface area contributed by atoms with Crippen LogP contribution in [-0.2, 0) is 9.53 Å². The van der Waals surface area contributed by atoms with Gasteiger partial charge in [-0.1, -0.05) is 56.1 Å². The largest absolute Gasteiger partial charge is 0.461 e. The molecular weight excluding hydrogens is 422 g/mol. The summed E-state index contributed by atoms with van der Waals surface area (Å²) in [5.41, 5.74) is 7.78. The smallest absolute Gasteiger partial charge is 0.322 e. The van der Waals surface area contributed by atoms with Gasteiger partial charge in [0.2, 0.25) is 0 Å². The van der Waals surface area contributed by atoms with E-state index < -0.39 is 12.0 Å². The molecule has 0 aromatic heterocycles. The highest BCUT2D eigenvalue weighted by molar-refractivity contribution is 9.10. The number of hydrogen-bond acceptors (Lipinski definition) is 3. The van der Waals surface area contributed by atoms with Gasteiger partial charge in [0.25, 0.3) is 0 Å². The number of esters is 1. The molecule has 0 unspecified atom stereocenters. The molecule has 0 heterocycles. The number of nitrogens with two attached hydrogens (primary N) is 1. The molecule has 23 heavy (non-hydrogen) atoms. The number of rotatable bonds is 5. The van der Waals surface area contributed by atoms with Crippen LogP contribution in [0.5, 0.6) is 0 Å². The van der Waals surface area contributed by atoms with Gasteiger partial charge >= 0.3 is 5.97 Å². The summed E-state index contributed by atoms with van der Waals surface area (Å²) in [6, 6.07) is 15.5. The van der Waals surface area contributed by atoms with E-state index in [-0.39, 0.29) is 12.0 Å². The van der Waals surface area contributed by atoms with Gasteiger partial charge in [-0.25, -0.2) is 0 Å². The first-order chi connectivity index (χ1) is 10.9. The van der Waals surface area contributed by atoms with E-state index in [0.717, 1.165) is 20.1 Å². The lowest BCUT2D eigenvalue weighted by molar-refractivity contribution is -0.149. The second-order valence-electron chi connectivity index (χ2n) is 5.51. The Bertz CT molecular complexity index is 608. The lowest BCUT2D eigenvalue weighted by Crippen LogP contribution is -2.33. The van der Waals surface area contributed by atoms with Gasteiger partial charge in [-0.3, -0.25) is 4.79 Å². The number of ether oxygens (including phenoxy) is 1. The zero-order chi connectivity index (χ0) is 17.0. The highest BCUT2D eigenvalue weighted by Crippen LogP contribution is 2.31. The van der Waals surface area contributed by atoms with Crippen LogP contribution < -0.4 is 5.73 Å². The summed E-state index contributed by atoms with van der Waals surface area (Å²) in [7, 11) is 0. The zero-order valence-corrected chi connectivity index (χ0v) is 16.2. The summed E-state index contributed by atoms with van der Waals surface area (Å²) in [4.78, 5) is 11.9. The minimum atomic E-state index is -0.632. The van der Waals surface area contributed by atoms with E-state index in [2.05, 4.69) is 31.9 Å². The standard InChI is InChI=1S/C18H19Br2NO2/c1-11(21)18(22)23-12(2)17(13-3-7-15(19)8-4-13)14-5-9-16(20)10-6-14/h3-12,17H,21H2,1-2H3/t11-,12-/m0/s1. The Morgan fingerprint density at radius 2 is 1.30 bits per heavy atom. The van der Waals surface area contributed by atoms with Gasteiger partial charge in [-0.2, -0.15) is 0 Å². The first kappa shape index (κ1) is 18.2. The maximum atomic E-state index is 11.9. The molecule has 2 rings (SSSR count). The van der Waals surface area contributed by atoms with Gasteiger partial charge in [-0.15, -0.1) is 0 Å². The van der Waals surface area contributed by atoms with Gasteiger partial charge in [0.1, 0.15) is 12.1 Å². The summed E-state index contributed by atoms with van der Waals surface area (Å²) < 4.78 is 7.58. The molecule has 2 aromatic carbocycles. The third-order valence-corrected chi connectivity index (χ3v) is 4.66. The molecule has 0 amide bonds. The monoisotopic (exact) mass is 439 g/mol. The van der Waals surface area contributed by atoms with Crippen molar-refractivity contribution in [1.82, 2.24) is 0 Å². The molecule has 0 saturated heterocycles. The zero-order valence-electron chi connectivity index (χ0n) is 13.0. The number of halogens is 2. The molecule has 0 bridgehead atoms. The van der Waals surface area contributed by atoms with Crippen molar-refractivity contribution < 1.29 is 9.53 Å². The van der Waals surface area contributed by atoms with Crippen LogP contribution in [0.2, 0.25) is 0 Å². The van der Waals surface area contributed by atoms with E-state index in [4.69, 9.17) is 10.5 Å². The Morgan fingerprint density at radius 3 is 1.65 bits per heavy atom. The fraction of sp³-hybridized carbons (Fsp3) is 0.278. The third-order valence-electron chi connectivity index (χ3n) is 3.60. The van der Waals surface area contributed by atoms with Gasteiger partial charge < -0.3 is 10.5 Å². The molecule has 0 aliphatic carbocycles. The molecule has 0 aliphatic rings. The molecular formula is C18H19Br2NO2. The van der Waals surface area contributed by atoms with E-state index in [1.54, 1.807) is 6.92 Å². The quantitative estimate of drug-likeness (QED) is 0.690. The Morgan fingerprint density at radius 1 is 0.913 bits per heavy atom. The Labute approximate surface area is 153 Å². The Hall–Kier alpha value is -1.17. The van der Waals surface area contributed by atoms with Crippen LogP contribution in [0.3, 0.4) is 0 Å². The maximum Gasteiger partial charge on any atom is 0.322 e.